The zero-order valence-corrected chi connectivity index (χ0v) is 15.3. The van der Waals surface area contributed by atoms with E-state index in [4.69, 9.17) is 4.98 Å². The molecule has 0 spiro atoms. The Kier molecular flexibility index (Phi) is 7.29. The minimum atomic E-state index is 0.00129. The van der Waals surface area contributed by atoms with E-state index in [2.05, 4.69) is 28.9 Å². The number of rotatable bonds is 10. The number of aromatic nitrogens is 2. The number of hydrogen-bond acceptors (Lipinski definition) is 2. The molecular weight excluding hydrogens is 298 g/mol. The van der Waals surface area contributed by atoms with Gasteiger partial charge in [0.1, 0.15) is 5.82 Å². The standard InChI is InChI=1S/C20H31N3O/c1-4-5-6-7-8-11-14-23-18-13-10-9-12-17(18)22-19(23)15-21-20(24)16(2)3/h9-10,12-13,16H,4-8,11,14-15H2,1-3H3,(H,21,24). The lowest BCUT2D eigenvalue weighted by Crippen LogP contribution is -2.28. The van der Waals surface area contributed by atoms with E-state index in [0.29, 0.717) is 6.54 Å². The highest BCUT2D eigenvalue weighted by molar-refractivity contribution is 5.78. The Morgan fingerprint density at radius 1 is 1.12 bits per heavy atom. The summed E-state index contributed by atoms with van der Waals surface area (Å²) in [4.78, 5) is 16.6. The Morgan fingerprint density at radius 2 is 1.83 bits per heavy atom. The van der Waals surface area contributed by atoms with Crippen molar-refractivity contribution < 1.29 is 4.79 Å². The van der Waals surface area contributed by atoms with Gasteiger partial charge in [-0.3, -0.25) is 4.79 Å². The molecule has 132 valence electrons. The highest BCUT2D eigenvalue weighted by Gasteiger charge is 2.12. The average Bonchev–Trinajstić information content (AvgIpc) is 2.93. The molecule has 2 aromatic rings. The van der Waals surface area contributed by atoms with Gasteiger partial charge in [0.2, 0.25) is 5.91 Å². The van der Waals surface area contributed by atoms with Crippen LogP contribution < -0.4 is 5.32 Å². The summed E-state index contributed by atoms with van der Waals surface area (Å²) in [5.74, 6) is 1.04. The molecule has 4 nitrogen and oxygen atoms in total. The van der Waals surface area contributed by atoms with E-state index in [1.807, 2.05) is 26.0 Å². The molecule has 0 aliphatic carbocycles. The lowest BCUT2D eigenvalue weighted by atomic mass is 10.1. The van der Waals surface area contributed by atoms with Gasteiger partial charge in [0.15, 0.2) is 0 Å². The smallest absolute Gasteiger partial charge is 0.222 e. The van der Waals surface area contributed by atoms with E-state index >= 15 is 0 Å². The van der Waals surface area contributed by atoms with Gasteiger partial charge < -0.3 is 9.88 Å². The van der Waals surface area contributed by atoms with E-state index < -0.39 is 0 Å². The Labute approximate surface area is 145 Å². The molecule has 0 radical (unpaired) electrons. The number of aryl methyl sites for hydroxylation is 1. The maximum absolute atomic E-state index is 11.9. The van der Waals surface area contributed by atoms with Crippen LogP contribution in [-0.4, -0.2) is 15.5 Å². The highest BCUT2D eigenvalue weighted by atomic mass is 16.1. The molecular formula is C20H31N3O. The molecule has 0 aliphatic rings. The van der Waals surface area contributed by atoms with E-state index in [9.17, 15) is 4.79 Å². The molecule has 1 heterocycles. The van der Waals surface area contributed by atoms with E-state index in [0.717, 1.165) is 24.3 Å². The molecule has 2 rings (SSSR count). The van der Waals surface area contributed by atoms with Gasteiger partial charge in [0, 0.05) is 12.5 Å². The van der Waals surface area contributed by atoms with Crippen molar-refractivity contribution in [2.45, 2.75) is 72.4 Å². The number of fused-ring (bicyclic) bond motifs is 1. The zero-order chi connectivity index (χ0) is 17.4. The van der Waals surface area contributed by atoms with Crippen LogP contribution in [0.25, 0.3) is 11.0 Å². The van der Waals surface area contributed by atoms with Crippen LogP contribution >= 0.6 is 0 Å². The summed E-state index contributed by atoms with van der Waals surface area (Å²) in [6, 6.07) is 8.23. The summed E-state index contributed by atoms with van der Waals surface area (Å²) in [5, 5.41) is 3.00. The molecule has 1 aromatic carbocycles. The lowest BCUT2D eigenvalue weighted by Gasteiger charge is -2.11. The second kappa shape index (κ2) is 9.45. The van der Waals surface area contributed by atoms with Gasteiger partial charge in [0.05, 0.1) is 17.6 Å². The van der Waals surface area contributed by atoms with Crippen molar-refractivity contribution in [3.63, 3.8) is 0 Å². The number of carbonyl (C=O) groups is 1. The van der Waals surface area contributed by atoms with E-state index in [1.165, 1.54) is 37.6 Å². The van der Waals surface area contributed by atoms with Gasteiger partial charge in [-0.15, -0.1) is 0 Å². The first kappa shape index (κ1) is 18.5. The van der Waals surface area contributed by atoms with Gasteiger partial charge in [0.25, 0.3) is 0 Å². The van der Waals surface area contributed by atoms with Crippen LogP contribution in [0, 0.1) is 5.92 Å². The van der Waals surface area contributed by atoms with Gasteiger partial charge in [-0.05, 0) is 18.6 Å². The maximum Gasteiger partial charge on any atom is 0.222 e. The second-order valence-electron chi connectivity index (χ2n) is 6.81. The Balaban J connectivity index is 2.02. The first-order valence-corrected chi connectivity index (χ1v) is 9.35. The number of benzene rings is 1. The number of amides is 1. The van der Waals surface area contributed by atoms with Crippen molar-refractivity contribution in [2.75, 3.05) is 0 Å². The Morgan fingerprint density at radius 3 is 2.58 bits per heavy atom. The minimum Gasteiger partial charge on any atom is -0.349 e. The lowest BCUT2D eigenvalue weighted by molar-refractivity contribution is -0.124. The Bertz CT molecular complexity index is 645. The molecule has 1 N–H and O–H groups in total. The summed E-state index contributed by atoms with van der Waals surface area (Å²) in [6.07, 6.45) is 7.67. The molecule has 0 saturated heterocycles. The predicted octanol–water partition coefficient (Wildman–Crippen LogP) is 4.67. The number of para-hydroxylation sites is 2. The second-order valence-corrected chi connectivity index (χ2v) is 6.81. The van der Waals surface area contributed by atoms with Crippen LogP contribution in [-0.2, 0) is 17.9 Å². The molecule has 4 heteroatoms. The van der Waals surface area contributed by atoms with Crippen LogP contribution in [0.4, 0.5) is 0 Å². The van der Waals surface area contributed by atoms with E-state index in [1.54, 1.807) is 0 Å². The van der Waals surface area contributed by atoms with Crippen LogP contribution in [0.5, 0.6) is 0 Å². The molecule has 0 saturated carbocycles. The number of nitrogens with zero attached hydrogens (tertiary/aromatic N) is 2. The van der Waals surface area contributed by atoms with Crippen molar-refractivity contribution in [3.8, 4) is 0 Å². The average molecular weight is 329 g/mol. The van der Waals surface area contributed by atoms with Crippen LogP contribution in [0.15, 0.2) is 24.3 Å². The number of hydrogen-bond donors (Lipinski definition) is 1. The number of imidazole rings is 1. The molecule has 0 unspecified atom stereocenters. The minimum absolute atomic E-state index is 0.00129. The third kappa shape index (κ3) is 5.08. The monoisotopic (exact) mass is 329 g/mol. The first-order valence-electron chi connectivity index (χ1n) is 9.35. The van der Waals surface area contributed by atoms with Gasteiger partial charge >= 0.3 is 0 Å². The van der Waals surface area contributed by atoms with Gasteiger partial charge in [-0.25, -0.2) is 4.98 Å². The van der Waals surface area contributed by atoms with Crippen LogP contribution in [0.3, 0.4) is 0 Å². The number of nitrogens with one attached hydrogen (secondary N) is 1. The third-order valence-electron chi connectivity index (χ3n) is 4.41. The topological polar surface area (TPSA) is 46.9 Å². The first-order chi connectivity index (χ1) is 11.6. The normalized spacial score (nSPS) is 11.3. The van der Waals surface area contributed by atoms with Crippen LogP contribution in [0.2, 0.25) is 0 Å². The summed E-state index contributed by atoms with van der Waals surface area (Å²) >= 11 is 0. The largest absolute Gasteiger partial charge is 0.349 e. The summed E-state index contributed by atoms with van der Waals surface area (Å²) < 4.78 is 2.27. The molecule has 0 fully saturated rings. The maximum atomic E-state index is 11.9. The predicted molar refractivity (Wildman–Crippen MR) is 99.8 cm³/mol. The molecule has 24 heavy (non-hydrogen) atoms. The van der Waals surface area contributed by atoms with Crippen molar-refractivity contribution >= 4 is 16.9 Å². The van der Waals surface area contributed by atoms with Crippen molar-refractivity contribution in [1.29, 1.82) is 0 Å². The molecule has 1 amide bonds. The van der Waals surface area contributed by atoms with Gasteiger partial charge in [-0.1, -0.05) is 65.0 Å². The summed E-state index contributed by atoms with van der Waals surface area (Å²) in [6.45, 7) is 7.54. The quantitative estimate of drug-likeness (QED) is 0.644. The molecule has 1 aromatic heterocycles. The van der Waals surface area contributed by atoms with Gasteiger partial charge in [-0.2, -0.15) is 0 Å². The van der Waals surface area contributed by atoms with Crippen molar-refractivity contribution in [3.05, 3.63) is 30.1 Å². The fourth-order valence-corrected chi connectivity index (χ4v) is 2.93. The number of carbonyl (C=O) groups excluding carboxylic acids is 1. The summed E-state index contributed by atoms with van der Waals surface area (Å²) in [7, 11) is 0. The number of unbranched alkanes of at least 4 members (excludes halogenated alkanes) is 5. The summed E-state index contributed by atoms with van der Waals surface area (Å²) in [5.41, 5.74) is 2.18. The van der Waals surface area contributed by atoms with E-state index in [-0.39, 0.29) is 11.8 Å². The molecule has 0 bridgehead atoms. The SMILES string of the molecule is CCCCCCCCn1c(CNC(=O)C(C)C)nc2ccccc21. The fraction of sp³-hybridized carbons (Fsp3) is 0.600. The fourth-order valence-electron chi connectivity index (χ4n) is 2.93. The van der Waals surface area contributed by atoms with Crippen molar-refractivity contribution in [2.24, 2.45) is 5.92 Å². The molecule has 0 aliphatic heterocycles. The third-order valence-corrected chi connectivity index (χ3v) is 4.41. The Hall–Kier alpha value is -1.84. The zero-order valence-electron chi connectivity index (χ0n) is 15.3. The highest BCUT2D eigenvalue weighted by Crippen LogP contribution is 2.18. The molecule has 0 atom stereocenters. The van der Waals surface area contributed by atoms with Crippen molar-refractivity contribution in [1.82, 2.24) is 14.9 Å². The van der Waals surface area contributed by atoms with Crippen LogP contribution in [0.1, 0.15) is 65.1 Å².